The van der Waals surface area contributed by atoms with Gasteiger partial charge in [-0.3, -0.25) is 14.9 Å². The minimum absolute atomic E-state index is 0.0489. The van der Waals surface area contributed by atoms with Gasteiger partial charge in [-0.25, -0.2) is 0 Å². The van der Waals surface area contributed by atoms with E-state index < -0.39 is 4.92 Å². The zero-order chi connectivity index (χ0) is 16.1. The summed E-state index contributed by atoms with van der Waals surface area (Å²) in [6.07, 6.45) is 3.36. The van der Waals surface area contributed by atoms with Crippen LogP contribution in [0.2, 0.25) is 0 Å². The Hall–Kier alpha value is -1.91. The molecule has 2 saturated carbocycles. The van der Waals surface area contributed by atoms with Gasteiger partial charge in [0.2, 0.25) is 0 Å². The Morgan fingerprint density at radius 3 is 2.64 bits per heavy atom. The second kappa shape index (κ2) is 4.80. The number of rotatable bonds is 3. The zero-order valence-corrected chi connectivity index (χ0v) is 13.3. The predicted octanol–water partition coefficient (Wildman–Crippen LogP) is 3.54. The molecule has 1 aromatic carbocycles. The normalized spacial score (nSPS) is 32.0. The topological polar surface area (TPSA) is 72.2 Å². The van der Waals surface area contributed by atoms with E-state index in [4.69, 9.17) is 0 Å². The van der Waals surface area contributed by atoms with E-state index in [9.17, 15) is 14.9 Å². The van der Waals surface area contributed by atoms with Crippen molar-refractivity contribution in [1.82, 2.24) is 5.32 Å². The third kappa shape index (κ3) is 2.02. The van der Waals surface area contributed by atoms with Gasteiger partial charge in [0, 0.05) is 23.7 Å². The fourth-order valence-corrected chi connectivity index (χ4v) is 4.42. The number of carbonyl (C=O) groups is 1. The van der Waals surface area contributed by atoms with Crippen LogP contribution in [0.25, 0.3) is 0 Å². The summed E-state index contributed by atoms with van der Waals surface area (Å²) in [6.45, 7) is 6.85. The van der Waals surface area contributed by atoms with Crippen LogP contribution in [0.15, 0.2) is 24.3 Å². The monoisotopic (exact) mass is 302 g/mol. The van der Waals surface area contributed by atoms with Crippen molar-refractivity contribution in [2.24, 2.45) is 16.7 Å². The van der Waals surface area contributed by atoms with Crippen molar-refractivity contribution in [3.05, 3.63) is 39.9 Å². The molecule has 118 valence electrons. The molecule has 0 aliphatic heterocycles. The van der Waals surface area contributed by atoms with Gasteiger partial charge in [0.15, 0.2) is 0 Å². The van der Waals surface area contributed by atoms with Crippen molar-refractivity contribution in [3.8, 4) is 0 Å². The summed E-state index contributed by atoms with van der Waals surface area (Å²) in [7, 11) is 0. The van der Waals surface area contributed by atoms with Crippen LogP contribution in [0.5, 0.6) is 0 Å². The predicted molar refractivity (Wildman–Crippen MR) is 83.6 cm³/mol. The first kappa shape index (κ1) is 15.0. The van der Waals surface area contributed by atoms with E-state index in [0.29, 0.717) is 11.5 Å². The number of amides is 1. The van der Waals surface area contributed by atoms with Gasteiger partial charge < -0.3 is 5.32 Å². The Bertz CT molecular complexity index is 641. The lowest BCUT2D eigenvalue weighted by Crippen LogP contribution is -2.46. The highest BCUT2D eigenvalue weighted by Crippen LogP contribution is 2.65. The van der Waals surface area contributed by atoms with E-state index in [-0.39, 0.29) is 28.5 Å². The van der Waals surface area contributed by atoms with Crippen molar-refractivity contribution in [2.75, 3.05) is 0 Å². The van der Waals surface area contributed by atoms with Crippen LogP contribution < -0.4 is 5.32 Å². The van der Waals surface area contributed by atoms with E-state index in [0.717, 1.165) is 12.8 Å². The summed E-state index contributed by atoms with van der Waals surface area (Å²) in [4.78, 5) is 22.8. The largest absolute Gasteiger partial charge is 0.349 e. The second-order valence-corrected chi connectivity index (χ2v) is 7.44. The maximum Gasteiger partial charge on any atom is 0.270 e. The third-order valence-corrected chi connectivity index (χ3v) is 6.42. The van der Waals surface area contributed by atoms with Gasteiger partial charge in [0.1, 0.15) is 0 Å². The number of carbonyl (C=O) groups excluding carboxylic acids is 1. The minimum Gasteiger partial charge on any atom is -0.349 e. The molecular weight excluding hydrogens is 280 g/mol. The number of nitrogens with one attached hydrogen (secondary N) is 1. The van der Waals surface area contributed by atoms with Gasteiger partial charge in [-0.05, 0) is 42.1 Å². The molecule has 5 heteroatoms. The number of benzene rings is 1. The van der Waals surface area contributed by atoms with Crippen LogP contribution in [0.1, 0.15) is 50.4 Å². The first-order chi connectivity index (χ1) is 10.3. The SMILES string of the molecule is CC1(C)C2CCC1(C)C(NC(=O)c1cccc([N+](=O)[O-])c1)C2. The van der Waals surface area contributed by atoms with E-state index in [1.807, 2.05) is 0 Å². The minimum atomic E-state index is -0.473. The Balaban J connectivity index is 1.79. The van der Waals surface area contributed by atoms with Gasteiger partial charge >= 0.3 is 0 Å². The highest BCUT2D eigenvalue weighted by molar-refractivity contribution is 5.95. The molecule has 0 radical (unpaired) electrons. The molecule has 2 fully saturated rings. The highest BCUT2D eigenvalue weighted by Gasteiger charge is 2.61. The molecule has 2 aliphatic rings. The zero-order valence-electron chi connectivity index (χ0n) is 13.3. The molecule has 2 bridgehead atoms. The first-order valence-electron chi connectivity index (χ1n) is 7.81. The fourth-order valence-electron chi connectivity index (χ4n) is 4.42. The lowest BCUT2D eigenvalue weighted by Gasteiger charge is -2.39. The quantitative estimate of drug-likeness (QED) is 0.685. The second-order valence-electron chi connectivity index (χ2n) is 7.44. The van der Waals surface area contributed by atoms with Gasteiger partial charge in [0.05, 0.1) is 4.92 Å². The molecule has 22 heavy (non-hydrogen) atoms. The van der Waals surface area contributed by atoms with Crippen LogP contribution in [0.4, 0.5) is 5.69 Å². The maximum absolute atomic E-state index is 12.5. The molecule has 0 heterocycles. The van der Waals surface area contributed by atoms with E-state index >= 15 is 0 Å². The molecule has 5 nitrogen and oxygen atoms in total. The molecule has 2 aliphatic carbocycles. The molecule has 1 N–H and O–H groups in total. The molecule has 0 saturated heterocycles. The molecule has 1 amide bonds. The smallest absolute Gasteiger partial charge is 0.270 e. The summed E-state index contributed by atoms with van der Waals surface area (Å²) in [5, 5.41) is 14.0. The number of nitrogens with zero attached hydrogens (tertiary/aromatic N) is 1. The average Bonchev–Trinajstić information content (AvgIpc) is 2.80. The van der Waals surface area contributed by atoms with E-state index in [1.165, 1.54) is 18.6 Å². The van der Waals surface area contributed by atoms with E-state index in [2.05, 4.69) is 26.1 Å². The number of fused-ring (bicyclic) bond motifs is 2. The van der Waals surface area contributed by atoms with Crippen molar-refractivity contribution in [1.29, 1.82) is 0 Å². The first-order valence-corrected chi connectivity index (χ1v) is 7.81. The molecule has 0 spiro atoms. The average molecular weight is 302 g/mol. The molecule has 3 unspecified atom stereocenters. The van der Waals surface area contributed by atoms with Gasteiger partial charge in [-0.2, -0.15) is 0 Å². The summed E-state index contributed by atoms with van der Waals surface area (Å²) in [6, 6.07) is 6.07. The van der Waals surface area contributed by atoms with Crippen LogP contribution in [-0.4, -0.2) is 16.9 Å². The standard InChI is InChI=1S/C17H22N2O3/c1-16(2)12-7-8-17(16,3)14(10-12)18-15(20)11-5-4-6-13(9-11)19(21)22/h4-6,9,12,14H,7-8,10H2,1-3H3,(H,18,20). The molecule has 3 atom stereocenters. The summed E-state index contributed by atoms with van der Waals surface area (Å²) >= 11 is 0. The highest BCUT2D eigenvalue weighted by atomic mass is 16.6. The van der Waals surface area contributed by atoms with Gasteiger partial charge in [0.25, 0.3) is 11.6 Å². The number of hydrogen-bond acceptors (Lipinski definition) is 3. The van der Waals surface area contributed by atoms with Crippen molar-refractivity contribution in [3.63, 3.8) is 0 Å². The molecule has 1 aromatic rings. The van der Waals surface area contributed by atoms with Gasteiger partial charge in [-0.15, -0.1) is 0 Å². The maximum atomic E-state index is 12.5. The van der Waals surface area contributed by atoms with Crippen LogP contribution >= 0.6 is 0 Å². The van der Waals surface area contributed by atoms with Crippen molar-refractivity contribution in [2.45, 2.75) is 46.1 Å². The molecular formula is C17H22N2O3. The lowest BCUT2D eigenvalue weighted by atomic mass is 9.69. The molecule has 3 rings (SSSR count). The summed E-state index contributed by atoms with van der Waals surface area (Å²) < 4.78 is 0. The lowest BCUT2D eigenvalue weighted by molar-refractivity contribution is -0.384. The Morgan fingerprint density at radius 2 is 2.09 bits per heavy atom. The Labute approximate surface area is 130 Å². The third-order valence-electron chi connectivity index (χ3n) is 6.42. The Morgan fingerprint density at radius 1 is 1.36 bits per heavy atom. The van der Waals surface area contributed by atoms with Gasteiger partial charge in [-0.1, -0.05) is 26.8 Å². The fraction of sp³-hybridized carbons (Fsp3) is 0.588. The summed E-state index contributed by atoms with van der Waals surface area (Å²) in [5.74, 6) is 0.436. The van der Waals surface area contributed by atoms with Crippen LogP contribution in [-0.2, 0) is 0 Å². The van der Waals surface area contributed by atoms with Crippen molar-refractivity contribution >= 4 is 11.6 Å². The molecule has 0 aromatic heterocycles. The van der Waals surface area contributed by atoms with Crippen LogP contribution in [0, 0.1) is 26.9 Å². The number of nitro groups is 1. The number of nitro benzene ring substituents is 1. The summed E-state index contributed by atoms with van der Waals surface area (Å²) in [5.41, 5.74) is 0.646. The van der Waals surface area contributed by atoms with E-state index in [1.54, 1.807) is 12.1 Å². The van der Waals surface area contributed by atoms with Crippen molar-refractivity contribution < 1.29 is 9.72 Å². The number of hydrogen-bond donors (Lipinski definition) is 1. The Kier molecular flexibility index (Phi) is 3.27. The number of non-ortho nitro benzene ring substituents is 1. The van der Waals surface area contributed by atoms with Crippen LogP contribution in [0.3, 0.4) is 0 Å².